The van der Waals surface area contributed by atoms with Crippen molar-refractivity contribution in [2.24, 2.45) is 31.8 Å². The Morgan fingerprint density at radius 3 is 3.10 bits per heavy atom. The molecule has 0 amide bonds. The van der Waals surface area contributed by atoms with Crippen molar-refractivity contribution in [1.29, 1.82) is 0 Å². The molecule has 0 bridgehead atoms. The summed E-state index contributed by atoms with van der Waals surface area (Å²) < 4.78 is 19.6. The van der Waals surface area contributed by atoms with E-state index in [9.17, 15) is 4.39 Å². The molecule has 2 aliphatic heterocycles. The molecule has 1 fully saturated rings. The molecule has 3 aliphatic rings. The van der Waals surface area contributed by atoms with Crippen LogP contribution in [0.15, 0.2) is 20.0 Å². The molecule has 0 aromatic rings. The topological polar surface area (TPSA) is 58.7 Å². The van der Waals surface area contributed by atoms with Crippen molar-refractivity contribution in [2.45, 2.75) is 45.1 Å². The highest BCUT2D eigenvalue weighted by atomic mass is 19.2. The number of hydrogen-bond acceptors (Lipinski definition) is 5. The monoisotopic (exact) mass is 278 g/mol. The summed E-state index contributed by atoms with van der Waals surface area (Å²) in [6, 6.07) is 0. The first kappa shape index (κ1) is 13.5. The van der Waals surface area contributed by atoms with Gasteiger partial charge in [-0.3, -0.25) is 0 Å². The van der Waals surface area contributed by atoms with Crippen LogP contribution in [0.3, 0.4) is 0 Å². The first-order chi connectivity index (χ1) is 9.66. The summed E-state index contributed by atoms with van der Waals surface area (Å²) in [6.07, 6.45) is 6.26. The van der Waals surface area contributed by atoms with E-state index in [4.69, 9.17) is 4.74 Å². The van der Waals surface area contributed by atoms with Gasteiger partial charge in [0.25, 0.3) is 0 Å². The van der Waals surface area contributed by atoms with Crippen LogP contribution in [-0.2, 0) is 4.74 Å². The average molecular weight is 278 g/mol. The summed E-state index contributed by atoms with van der Waals surface area (Å²) in [5.74, 6) is 1.57. The third kappa shape index (κ3) is 2.85. The minimum absolute atomic E-state index is 0.258. The lowest BCUT2D eigenvalue weighted by atomic mass is 9.79. The third-order valence-electron chi connectivity index (χ3n) is 4.26. The number of fused-ring (bicyclic) bond motifs is 1. The zero-order valence-electron chi connectivity index (χ0n) is 11.6. The van der Waals surface area contributed by atoms with E-state index in [2.05, 4.69) is 26.9 Å². The second-order valence-corrected chi connectivity index (χ2v) is 5.64. The zero-order chi connectivity index (χ0) is 14.0. The van der Waals surface area contributed by atoms with Crippen molar-refractivity contribution in [3.8, 4) is 0 Å². The van der Waals surface area contributed by atoms with Gasteiger partial charge >= 0.3 is 6.10 Å². The maximum absolute atomic E-state index is 14.3. The predicted octanol–water partition coefficient (Wildman–Crippen LogP) is 2.77. The van der Waals surface area contributed by atoms with Crippen molar-refractivity contribution in [2.75, 3.05) is 6.61 Å². The van der Waals surface area contributed by atoms with E-state index in [1.54, 1.807) is 0 Å². The maximum Gasteiger partial charge on any atom is 0.416 e. The maximum atomic E-state index is 14.3. The van der Waals surface area contributed by atoms with Crippen molar-refractivity contribution in [1.82, 2.24) is 0 Å². The van der Waals surface area contributed by atoms with E-state index in [1.807, 2.05) is 0 Å². The van der Waals surface area contributed by atoms with E-state index in [0.717, 1.165) is 6.42 Å². The Hall–Kier alpha value is -1.43. The minimum atomic E-state index is -2.33. The number of alkyl halides is 1. The zero-order valence-corrected chi connectivity index (χ0v) is 11.6. The lowest BCUT2D eigenvalue weighted by molar-refractivity contribution is -0.135. The summed E-state index contributed by atoms with van der Waals surface area (Å²) in [5.41, 5.74) is 0.489. The lowest BCUT2D eigenvalue weighted by Gasteiger charge is -2.29. The summed E-state index contributed by atoms with van der Waals surface area (Å²) in [6.45, 7) is 2.60. The fourth-order valence-electron chi connectivity index (χ4n) is 2.98. The SMILES string of the molecule is CC1CCCCC1CCOC1(F)N=CC2=NC=NC2=N1. The van der Waals surface area contributed by atoms with Crippen LogP contribution in [-0.4, -0.2) is 36.8 Å². The van der Waals surface area contributed by atoms with E-state index < -0.39 is 6.10 Å². The van der Waals surface area contributed by atoms with Crippen LogP contribution < -0.4 is 0 Å². The number of ether oxygens (including phenoxy) is 1. The van der Waals surface area contributed by atoms with E-state index in [0.29, 0.717) is 24.2 Å². The van der Waals surface area contributed by atoms with Gasteiger partial charge in [0.1, 0.15) is 12.1 Å². The Morgan fingerprint density at radius 1 is 1.40 bits per heavy atom. The van der Waals surface area contributed by atoms with Gasteiger partial charge in [-0.15, -0.1) is 0 Å². The van der Waals surface area contributed by atoms with Gasteiger partial charge in [0, 0.05) is 0 Å². The second-order valence-electron chi connectivity index (χ2n) is 5.64. The fourth-order valence-corrected chi connectivity index (χ4v) is 2.98. The van der Waals surface area contributed by atoms with E-state index >= 15 is 0 Å². The van der Waals surface area contributed by atoms with Crippen molar-refractivity contribution < 1.29 is 9.13 Å². The van der Waals surface area contributed by atoms with Crippen molar-refractivity contribution in [3.05, 3.63) is 0 Å². The Balaban J connectivity index is 1.53. The van der Waals surface area contributed by atoms with Crippen molar-refractivity contribution >= 4 is 24.1 Å². The molecule has 0 spiro atoms. The molecule has 1 saturated carbocycles. The van der Waals surface area contributed by atoms with Gasteiger partial charge in [-0.1, -0.05) is 32.6 Å². The van der Waals surface area contributed by atoms with Crippen LogP contribution in [0.5, 0.6) is 0 Å². The number of aliphatic imine (C=N–C) groups is 4. The molecule has 108 valence electrons. The van der Waals surface area contributed by atoms with Crippen molar-refractivity contribution in [3.63, 3.8) is 0 Å². The van der Waals surface area contributed by atoms with Crippen LogP contribution in [0.25, 0.3) is 0 Å². The summed E-state index contributed by atoms with van der Waals surface area (Å²) >= 11 is 0. The molecule has 6 heteroatoms. The quantitative estimate of drug-likeness (QED) is 0.729. The summed E-state index contributed by atoms with van der Waals surface area (Å²) in [5, 5.41) is 0. The van der Waals surface area contributed by atoms with Gasteiger partial charge in [-0.2, -0.15) is 9.38 Å². The highest BCUT2D eigenvalue weighted by molar-refractivity contribution is 6.65. The van der Waals surface area contributed by atoms with Gasteiger partial charge < -0.3 is 4.74 Å². The number of hydrogen-bond donors (Lipinski definition) is 0. The first-order valence-electron chi connectivity index (χ1n) is 7.25. The molecule has 1 aliphatic carbocycles. The molecule has 3 atom stereocenters. The Bertz CT molecular complexity index is 499. The average Bonchev–Trinajstić information content (AvgIpc) is 2.88. The smallest absolute Gasteiger partial charge is 0.309 e. The summed E-state index contributed by atoms with van der Waals surface area (Å²) in [4.78, 5) is 15.3. The molecule has 0 aromatic heterocycles. The van der Waals surface area contributed by atoms with Crippen LogP contribution in [0.1, 0.15) is 39.0 Å². The minimum Gasteiger partial charge on any atom is -0.309 e. The number of amidine groups is 1. The van der Waals surface area contributed by atoms with Crippen LogP contribution in [0.2, 0.25) is 0 Å². The third-order valence-corrected chi connectivity index (χ3v) is 4.26. The van der Waals surface area contributed by atoms with Gasteiger partial charge in [0.15, 0.2) is 5.84 Å². The number of halogens is 1. The molecule has 0 radical (unpaired) electrons. The molecule has 5 nitrogen and oxygen atoms in total. The van der Waals surface area contributed by atoms with Gasteiger partial charge in [-0.05, 0) is 18.3 Å². The number of rotatable bonds is 4. The Morgan fingerprint density at radius 2 is 2.25 bits per heavy atom. The highest BCUT2D eigenvalue weighted by Gasteiger charge is 2.35. The lowest BCUT2D eigenvalue weighted by Crippen LogP contribution is -2.32. The molecule has 0 N–H and O–H groups in total. The molecule has 0 saturated heterocycles. The molecule has 2 heterocycles. The van der Waals surface area contributed by atoms with Crippen LogP contribution in [0.4, 0.5) is 4.39 Å². The normalized spacial score (nSPS) is 35.7. The molecule has 20 heavy (non-hydrogen) atoms. The highest BCUT2D eigenvalue weighted by Crippen LogP contribution is 2.32. The Kier molecular flexibility index (Phi) is 3.74. The van der Waals surface area contributed by atoms with Gasteiger partial charge in [0.05, 0.1) is 12.8 Å². The fraction of sp³-hybridized carbons (Fsp3) is 0.714. The summed E-state index contributed by atoms with van der Waals surface area (Å²) in [7, 11) is 0. The van der Waals surface area contributed by atoms with Gasteiger partial charge in [-0.25, -0.2) is 15.0 Å². The van der Waals surface area contributed by atoms with Crippen LogP contribution >= 0.6 is 0 Å². The first-order valence-corrected chi connectivity index (χ1v) is 7.25. The largest absolute Gasteiger partial charge is 0.416 e. The van der Waals surface area contributed by atoms with E-state index in [1.165, 1.54) is 38.2 Å². The predicted molar refractivity (Wildman–Crippen MR) is 77.4 cm³/mol. The molecule has 3 unspecified atom stereocenters. The van der Waals surface area contributed by atoms with E-state index in [-0.39, 0.29) is 5.84 Å². The number of nitrogens with zero attached hydrogens (tertiary/aromatic N) is 4. The van der Waals surface area contributed by atoms with Gasteiger partial charge in [0.2, 0.25) is 0 Å². The molecular weight excluding hydrogens is 259 g/mol. The van der Waals surface area contributed by atoms with Crippen LogP contribution in [0, 0.1) is 11.8 Å². The molecule has 0 aromatic carbocycles. The second kappa shape index (κ2) is 5.52. The standard InChI is InChI=1S/C14H19FN4O/c1-10-4-2-3-5-11(10)6-7-20-14(15)18-8-12-13(19-14)17-9-16-12/h8-11H,2-7H2,1H3. The molecule has 3 rings (SSSR count). The molecular formula is C14H19FN4O. The Labute approximate surface area is 117 Å².